The van der Waals surface area contributed by atoms with Gasteiger partial charge >= 0.3 is 0 Å². The van der Waals surface area contributed by atoms with E-state index in [1.807, 2.05) is 32.2 Å². The Hall–Kier alpha value is -3.56. The van der Waals surface area contributed by atoms with Gasteiger partial charge in [-0.3, -0.25) is 9.78 Å². The van der Waals surface area contributed by atoms with Gasteiger partial charge in [0, 0.05) is 68.1 Å². The number of fused-ring (bicyclic) bond motifs is 1. The molecule has 3 N–H and O–H groups in total. The number of pyridine rings is 3. The monoisotopic (exact) mass is 530 g/mol. The molecule has 4 rings (SSSR count). The zero-order valence-electron chi connectivity index (χ0n) is 23.3. The Labute approximate surface area is 225 Å². The predicted octanol–water partition coefficient (Wildman–Crippen LogP) is 5.17. The highest BCUT2D eigenvalue weighted by molar-refractivity contribution is 6.76. The number of nitrogens with two attached hydrogens (primary N) is 1. The number of amides is 1. The number of ether oxygens (including phenoxy) is 1. The van der Waals surface area contributed by atoms with Gasteiger partial charge in [0.05, 0.1) is 0 Å². The van der Waals surface area contributed by atoms with Crippen LogP contribution in [0.4, 0.5) is 5.82 Å². The van der Waals surface area contributed by atoms with Crippen molar-refractivity contribution in [2.45, 2.75) is 66.2 Å². The molecule has 0 saturated carbocycles. The third-order valence-electron chi connectivity index (χ3n) is 6.68. The first kappa shape index (κ1) is 27.5. The Morgan fingerprint density at radius 2 is 1.89 bits per heavy atom. The van der Waals surface area contributed by atoms with E-state index in [9.17, 15) is 4.79 Å². The van der Waals surface area contributed by atoms with Crippen LogP contribution in [0.5, 0.6) is 0 Å². The van der Waals surface area contributed by atoms with Gasteiger partial charge in [0.25, 0.3) is 5.91 Å². The predicted molar refractivity (Wildman–Crippen MR) is 155 cm³/mol. The van der Waals surface area contributed by atoms with Crippen molar-refractivity contribution >= 4 is 30.8 Å². The van der Waals surface area contributed by atoms with Crippen LogP contribution in [0.3, 0.4) is 0 Å². The van der Waals surface area contributed by atoms with Crippen LogP contribution in [0, 0.1) is 20.8 Å². The van der Waals surface area contributed by atoms with E-state index >= 15 is 0 Å². The zero-order chi connectivity index (χ0) is 27.4. The molecule has 0 atom stereocenters. The molecule has 0 spiro atoms. The number of hydrogen-bond acceptors (Lipinski definition) is 6. The minimum atomic E-state index is -1.12. The van der Waals surface area contributed by atoms with Crippen LogP contribution in [-0.2, 0) is 24.4 Å². The summed E-state index contributed by atoms with van der Waals surface area (Å²) in [7, 11) is -1.12. The summed E-state index contributed by atoms with van der Waals surface area (Å²) in [5, 5.41) is 4.07. The highest BCUT2D eigenvalue weighted by Crippen LogP contribution is 2.21. The molecule has 0 saturated heterocycles. The Kier molecular flexibility index (Phi) is 8.28. The van der Waals surface area contributed by atoms with Gasteiger partial charge in [-0.1, -0.05) is 19.6 Å². The van der Waals surface area contributed by atoms with Gasteiger partial charge in [-0.05, 0) is 73.8 Å². The van der Waals surface area contributed by atoms with Gasteiger partial charge in [-0.25, -0.2) is 9.97 Å². The van der Waals surface area contributed by atoms with Crippen molar-refractivity contribution in [1.29, 1.82) is 0 Å². The average Bonchev–Trinajstić information content (AvgIpc) is 3.14. The highest BCUT2D eigenvalue weighted by Gasteiger charge is 2.14. The quantitative estimate of drug-likeness (QED) is 0.216. The maximum Gasteiger partial charge on any atom is 0.251 e. The number of nitrogens with zero attached hydrogens (tertiary/aromatic N) is 4. The molecule has 0 aromatic carbocycles. The lowest BCUT2D eigenvalue weighted by molar-refractivity contribution is 0.0886. The normalized spacial score (nSPS) is 11.7. The van der Waals surface area contributed by atoms with E-state index < -0.39 is 8.07 Å². The van der Waals surface area contributed by atoms with E-state index in [0.717, 1.165) is 57.5 Å². The number of rotatable bonds is 10. The molecule has 1 amide bonds. The van der Waals surface area contributed by atoms with Crippen LogP contribution in [0.25, 0.3) is 11.0 Å². The van der Waals surface area contributed by atoms with Gasteiger partial charge in [-0.2, -0.15) is 0 Å². The maximum absolute atomic E-state index is 12.9. The molecule has 0 radical (unpaired) electrons. The Bertz CT molecular complexity index is 1430. The first-order valence-electron chi connectivity index (χ1n) is 13.0. The first-order chi connectivity index (χ1) is 18.0. The summed E-state index contributed by atoms with van der Waals surface area (Å²) in [6.07, 6.45) is 4.14. The van der Waals surface area contributed by atoms with Crippen LogP contribution in [0.2, 0.25) is 25.7 Å². The number of aromatic nitrogens is 4. The van der Waals surface area contributed by atoms with Gasteiger partial charge < -0.3 is 20.4 Å². The van der Waals surface area contributed by atoms with E-state index in [-0.39, 0.29) is 5.91 Å². The first-order valence-corrected chi connectivity index (χ1v) is 16.7. The molecule has 38 heavy (non-hydrogen) atoms. The average molecular weight is 531 g/mol. The van der Waals surface area contributed by atoms with Crippen LogP contribution in [-0.4, -0.2) is 40.1 Å². The number of anilines is 1. The second-order valence-electron chi connectivity index (χ2n) is 11.1. The van der Waals surface area contributed by atoms with E-state index in [4.69, 9.17) is 15.5 Å². The van der Waals surface area contributed by atoms with Crippen molar-refractivity contribution < 1.29 is 9.53 Å². The van der Waals surface area contributed by atoms with Crippen molar-refractivity contribution in [2.75, 3.05) is 12.3 Å². The largest absolute Gasteiger partial charge is 0.384 e. The molecule has 4 aromatic heterocycles. The minimum absolute atomic E-state index is 0.153. The summed E-state index contributed by atoms with van der Waals surface area (Å²) in [4.78, 5) is 26.4. The van der Waals surface area contributed by atoms with Gasteiger partial charge in [0.1, 0.15) is 18.2 Å². The van der Waals surface area contributed by atoms with E-state index in [0.29, 0.717) is 31.1 Å². The Morgan fingerprint density at radius 3 is 2.63 bits per heavy atom. The third-order valence-corrected chi connectivity index (χ3v) is 8.38. The standard InChI is InChI=1S/C29H38N6O2Si/c1-19-11-27(30)34-21(3)26(19)17-33-29(36)23-7-8-31-25(15-23)14-22-13-24-12-20(2)35(28(24)32-16-22)18-37-9-10-38(4,5)6/h7-8,11-13,15-16H,9-10,14,17-18H2,1-6H3,(H2,30,34)(H,33,36). The number of carbonyl (C=O) groups is 1. The smallest absolute Gasteiger partial charge is 0.251 e. The van der Waals surface area contributed by atoms with Crippen molar-refractivity contribution in [1.82, 2.24) is 24.8 Å². The molecule has 0 fully saturated rings. The van der Waals surface area contributed by atoms with Crippen molar-refractivity contribution in [2.24, 2.45) is 0 Å². The van der Waals surface area contributed by atoms with Crippen LogP contribution >= 0.6 is 0 Å². The van der Waals surface area contributed by atoms with Gasteiger partial charge in [0.2, 0.25) is 0 Å². The molecule has 0 aliphatic carbocycles. The summed E-state index contributed by atoms with van der Waals surface area (Å²) in [6.45, 7) is 14.7. The van der Waals surface area contributed by atoms with Crippen molar-refractivity contribution in [3.63, 3.8) is 0 Å². The molecular formula is C29H38N6O2Si. The molecule has 8 nitrogen and oxygen atoms in total. The van der Waals surface area contributed by atoms with Crippen molar-refractivity contribution in [3.8, 4) is 0 Å². The fourth-order valence-corrected chi connectivity index (χ4v) is 5.22. The molecule has 0 aliphatic rings. The number of nitrogens with one attached hydrogen (secondary N) is 1. The Morgan fingerprint density at radius 1 is 1.11 bits per heavy atom. The van der Waals surface area contributed by atoms with Gasteiger partial charge in [0.15, 0.2) is 0 Å². The van der Waals surface area contributed by atoms with E-state index in [1.54, 1.807) is 12.3 Å². The number of aryl methyl sites for hydroxylation is 3. The fourth-order valence-electron chi connectivity index (χ4n) is 4.47. The summed E-state index contributed by atoms with van der Waals surface area (Å²) in [5.41, 5.74) is 13.1. The Balaban J connectivity index is 1.42. The van der Waals surface area contributed by atoms with Crippen molar-refractivity contribution in [3.05, 3.63) is 82.1 Å². The minimum Gasteiger partial charge on any atom is -0.384 e. The number of carbonyl (C=O) groups excluding carboxylic acids is 1. The SMILES string of the molecule is Cc1cc(N)nc(C)c1CNC(=O)c1ccnc(Cc2cnc3c(c2)cc(C)n3COCC[Si](C)(C)C)c1. The highest BCUT2D eigenvalue weighted by atomic mass is 28.3. The summed E-state index contributed by atoms with van der Waals surface area (Å²) in [6, 6.07) is 10.8. The summed E-state index contributed by atoms with van der Waals surface area (Å²) in [5.74, 6) is 0.332. The lowest BCUT2D eigenvalue weighted by Gasteiger charge is -2.16. The molecule has 4 heterocycles. The third kappa shape index (κ3) is 6.84. The molecule has 0 aliphatic heterocycles. The topological polar surface area (TPSA) is 108 Å². The lowest BCUT2D eigenvalue weighted by Crippen LogP contribution is -2.24. The van der Waals surface area contributed by atoms with Gasteiger partial charge in [-0.15, -0.1) is 0 Å². The van der Waals surface area contributed by atoms with Crippen LogP contribution < -0.4 is 11.1 Å². The van der Waals surface area contributed by atoms with E-state index in [1.165, 1.54) is 0 Å². The molecule has 4 aromatic rings. The summed E-state index contributed by atoms with van der Waals surface area (Å²) >= 11 is 0. The molecular weight excluding hydrogens is 492 g/mol. The molecule has 0 unspecified atom stereocenters. The number of nitrogen functional groups attached to an aromatic ring is 1. The zero-order valence-corrected chi connectivity index (χ0v) is 24.3. The lowest BCUT2D eigenvalue weighted by atomic mass is 10.1. The number of hydrogen-bond donors (Lipinski definition) is 2. The van der Waals surface area contributed by atoms with Crippen LogP contribution in [0.1, 0.15) is 44.1 Å². The fraction of sp³-hybridized carbons (Fsp3) is 0.379. The van der Waals surface area contributed by atoms with E-state index in [2.05, 4.69) is 58.5 Å². The molecule has 200 valence electrons. The molecule has 0 bridgehead atoms. The van der Waals surface area contributed by atoms with Crippen LogP contribution in [0.15, 0.2) is 42.7 Å². The second-order valence-corrected chi connectivity index (χ2v) is 16.8. The summed E-state index contributed by atoms with van der Waals surface area (Å²) < 4.78 is 8.09. The maximum atomic E-state index is 12.9. The second kappa shape index (κ2) is 11.4. The molecule has 9 heteroatoms.